The van der Waals surface area contributed by atoms with Gasteiger partial charge < -0.3 is 14.6 Å². The van der Waals surface area contributed by atoms with Crippen LogP contribution in [0.4, 0.5) is 5.00 Å². The van der Waals surface area contributed by atoms with E-state index in [1.165, 1.54) is 16.2 Å². The molecule has 37 heavy (non-hydrogen) atoms. The smallest absolute Gasteiger partial charge is 0.341 e. The van der Waals surface area contributed by atoms with Crippen molar-refractivity contribution in [1.29, 1.82) is 10.5 Å². The van der Waals surface area contributed by atoms with Crippen LogP contribution >= 0.6 is 22.7 Å². The summed E-state index contributed by atoms with van der Waals surface area (Å²) in [5, 5.41) is 23.8. The summed E-state index contributed by atoms with van der Waals surface area (Å²) >= 11 is 2.94. The van der Waals surface area contributed by atoms with Crippen LogP contribution in [0.3, 0.4) is 0 Å². The summed E-state index contributed by atoms with van der Waals surface area (Å²) < 4.78 is 7.21. The van der Waals surface area contributed by atoms with Crippen molar-refractivity contribution in [2.45, 2.75) is 60.3 Å². The first kappa shape index (κ1) is 26.4. The summed E-state index contributed by atoms with van der Waals surface area (Å²) in [6, 6.07) is 6.34. The number of esters is 1. The van der Waals surface area contributed by atoms with E-state index in [1.54, 1.807) is 24.3 Å². The molecule has 7 nitrogen and oxygen atoms in total. The van der Waals surface area contributed by atoms with Gasteiger partial charge >= 0.3 is 5.97 Å². The van der Waals surface area contributed by atoms with Crippen molar-refractivity contribution in [3.05, 3.63) is 60.6 Å². The van der Waals surface area contributed by atoms with Gasteiger partial charge in [-0.3, -0.25) is 4.79 Å². The SMILES string of the molecule is CCOC(=O)c1c(NC(=O)/C(C#N)=C/c2cc(C)n(-c3sc4c(c3C#N)CCCC4)c2C)sc(C)c1C. The molecule has 0 spiro atoms. The van der Waals surface area contributed by atoms with Gasteiger partial charge in [0.2, 0.25) is 0 Å². The molecule has 0 radical (unpaired) electrons. The molecule has 1 aliphatic rings. The summed E-state index contributed by atoms with van der Waals surface area (Å²) in [5.41, 5.74) is 5.37. The largest absolute Gasteiger partial charge is 0.462 e. The highest BCUT2D eigenvalue weighted by Crippen LogP contribution is 2.38. The van der Waals surface area contributed by atoms with Gasteiger partial charge in [-0.1, -0.05) is 0 Å². The van der Waals surface area contributed by atoms with Crippen LogP contribution in [-0.4, -0.2) is 23.1 Å². The number of anilines is 1. The predicted molar refractivity (Wildman–Crippen MR) is 146 cm³/mol. The number of aromatic nitrogens is 1. The first-order chi connectivity index (χ1) is 17.7. The van der Waals surface area contributed by atoms with Gasteiger partial charge in [-0.2, -0.15) is 10.5 Å². The van der Waals surface area contributed by atoms with Crippen molar-refractivity contribution < 1.29 is 14.3 Å². The molecule has 3 heterocycles. The van der Waals surface area contributed by atoms with Crippen LogP contribution in [0.1, 0.15) is 73.5 Å². The summed E-state index contributed by atoms with van der Waals surface area (Å²) in [5.74, 6) is -1.10. The van der Waals surface area contributed by atoms with E-state index in [4.69, 9.17) is 4.74 Å². The van der Waals surface area contributed by atoms with E-state index >= 15 is 0 Å². The zero-order valence-corrected chi connectivity index (χ0v) is 23.2. The molecule has 0 saturated heterocycles. The normalized spacial score (nSPS) is 13.0. The van der Waals surface area contributed by atoms with E-state index in [0.717, 1.165) is 69.2 Å². The molecule has 0 bridgehead atoms. The van der Waals surface area contributed by atoms with Gasteiger partial charge in [-0.15, -0.1) is 22.7 Å². The van der Waals surface area contributed by atoms with E-state index in [2.05, 4.69) is 11.4 Å². The molecule has 1 amide bonds. The Bertz CT molecular complexity index is 1520. The molecular weight excluding hydrogens is 504 g/mol. The average Bonchev–Trinajstić information content (AvgIpc) is 3.47. The number of fused-ring (bicyclic) bond motifs is 1. The zero-order chi connectivity index (χ0) is 26.9. The first-order valence-corrected chi connectivity index (χ1v) is 13.8. The molecule has 3 aromatic heterocycles. The highest BCUT2D eigenvalue weighted by atomic mass is 32.1. The molecule has 9 heteroatoms. The quantitative estimate of drug-likeness (QED) is 0.227. The Morgan fingerprint density at radius 3 is 2.57 bits per heavy atom. The Morgan fingerprint density at radius 2 is 1.89 bits per heavy atom. The number of aryl methyl sites for hydroxylation is 3. The third-order valence-electron chi connectivity index (χ3n) is 6.69. The lowest BCUT2D eigenvalue weighted by molar-refractivity contribution is -0.112. The molecule has 3 aromatic rings. The standard InChI is InChI=1S/C28H28N4O3S2/c1-6-35-28(34)24-16(3)18(5)36-26(24)31-25(33)20(13-29)12-19-11-15(2)32(17(19)4)27-22(14-30)21-9-7-8-10-23(21)37-27/h11-12H,6-10H2,1-5H3,(H,31,33)/b20-12+. The number of nitrogens with one attached hydrogen (secondary N) is 1. The Labute approximate surface area is 224 Å². The van der Waals surface area contributed by atoms with Gasteiger partial charge in [-0.25, -0.2) is 4.79 Å². The average molecular weight is 533 g/mol. The number of hydrogen-bond donors (Lipinski definition) is 1. The molecule has 1 aliphatic carbocycles. The minimum Gasteiger partial charge on any atom is -0.462 e. The summed E-state index contributed by atoms with van der Waals surface area (Å²) in [6.45, 7) is 9.51. The van der Waals surface area contributed by atoms with Crippen LogP contribution in [0, 0.1) is 50.4 Å². The van der Waals surface area contributed by atoms with E-state index in [9.17, 15) is 20.1 Å². The van der Waals surface area contributed by atoms with Gasteiger partial charge in [0.05, 0.1) is 17.7 Å². The maximum absolute atomic E-state index is 13.1. The monoisotopic (exact) mass is 532 g/mol. The molecule has 0 fully saturated rings. The Hall–Kier alpha value is -3.66. The molecule has 0 atom stereocenters. The second-order valence-electron chi connectivity index (χ2n) is 9.00. The minimum atomic E-state index is -0.594. The van der Waals surface area contributed by atoms with Crippen molar-refractivity contribution in [3.8, 4) is 17.1 Å². The summed E-state index contributed by atoms with van der Waals surface area (Å²) in [7, 11) is 0. The number of nitrogens with zero attached hydrogens (tertiary/aromatic N) is 3. The fourth-order valence-corrected chi connectivity index (χ4v) is 7.20. The van der Waals surface area contributed by atoms with Gasteiger partial charge in [-0.05, 0) is 89.1 Å². The lowest BCUT2D eigenvalue weighted by Crippen LogP contribution is -2.16. The van der Waals surface area contributed by atoms with Gasteiger partial charge in [0.25, 0.3) is 5.91 Å². The minimum absolute atomic E-state index is 0.0789. The Balaban J connectivity index is 1.69. The maximum Gasteiger partial charge on any atom is 0.341 e. The third-order valence-corrected chi connectivity index (χ3v) is 9.09. The number of rotatable bonds is 6. The number of carbonyl (C=O) groups is 2. The zero-order valence-electron chi connectivity index (χ0n) is 21.6. The van der Waals surface area contributed by atoms with Gasteiger partial charge in [0.15, 0.2) is 0 Å². The van der Waals surface area contributed by atoms with Crippen molar-refractivity contribution in [3.63, 3.8) is 0 Å². The van der Waals surface area contributed by atoms with Crippen LogP contribution in [0.15, 0.2) is 11.6 Å². The predicted octanol–water partition coefficient (Wildman–Crippen LogP) is 6.31. The Morgan fingerprint density at radius 1 is 1.16 bits per heavy atom. The maximum atomic E-state index is 13.1. The lowest BCUT2D eigenvalue weighted by Gasteiger charge is -2.10. The van der Waals surface area contributed by atoms with Crippen molar-refractivity contribution in [2.24, 2.45) is 0 Å². The molecule has 190 valence electrons. The molecule has 0 aromatic carbocycles. The highest BCUT2D eigenvalue weighted by Gasteiger charge is 2.25. The molecular formula is C28H28N4O3S2. The summed E-state index contributed by atoms with van der Waals surface area (Å²) in [6.07, 6.45) is 5.71. The number of hydrogen-bond acceptors (Lipinski definition) is 7. The van der Waals surface area contributed by atoms with Crippen LogP contribution in [-0.2, 0) is 22.4 Å². The fraction of sp³-hybridized carbons (Fsp3) is 0.357. The number of nitriles is 2. The molecule has 0 unspecified atom stereocenters. The van der Waals surface area contributed by atoms with Crippen molar-refractivity contribution >= 4 is 45.6 Å². The van der Waals surface area contributed by atoms with Crippen molar-refractivity contribution in [1.82, 2.24) is 4.57 Å². The van der Waals surface area contributed by atoms with E-state index in [-0.39, 0.29) is 12.2 Å². The van der Waals surface area contributed by atoms with Crippen molar-refractivity contribution in [2.75, 3.05) is 11.9 Å². The van der Waals surface area contributed by atoms with E-state index in [1.807, 2.05) is 44.4 Å². The number of carbonyl (C=O) groups excluding carboxylic acids is 2. The second-order valence-corrected chi connectivity index (χ2v) is 11.3. The lowest BCUT2D eigenvalue weighted by atomic mass is 9.96. The molecule has 0 saturated carbocycles. The highest BCUT2D eigenvalue weighted by molar-refractivity contribution is 7.17. The summed E-state index contributed by atoms with van der Waals surface area (Å²) in [4.78, 5) is 27.8. The third kappa shape index (κ3) is 4.85. The van der Waals surface area contributed by atoms with Crippen LogP contribution in [0.25, 0.3) is 11.1 Å². The number of ether oxygens (including phenoxy) is 1. The number of thiophene rings is 2. The Kier molecular flexibility index (Phi) is 7.68. The number of amides is 1. The van der Waals surface area contributed by atoms with Crippen LogP contribution in [0.2, 0.25) is 0 Å². The molecule has 4 rings (SSSR count). The molecule has 0 aliphatic heterocycles. The van der Waals surface area contributed by atoms with E-state index in [0.29, 0.717) is 10.6 Å². The fourth-order valence-electron chi connectivity index (χ4n) is 4.71. The van der Waals surface area contributed by atoms with Gasteiger partial charge in [0, 0.05) is 21.1 Å². The van der Waals surface area contributed by atoms with E-state index < -0.39 is 11.9 Å². The van der Waals surface area contributed by atoms with Gasteiger partial charge in [0.1, 0.15) is 27.7 Å². The van der Waals surface area contributed by atoms with Crippen LogP contribution < -0.4 is 5.32 Å². The van der Waals surface area contributed by atoms with Crippen LogP contribution in [0.5, 0.6) is 0 Å². The molecule has 1 N–H and O–H groups in total. The first-order valence-electron chi connectivity index (χ1n) is 12.2. The second kappa shape index (κ2) is 10.8. The topological polar surface area (TPSA) is 108 Å².